The molecular weight excluding hydrogens is 435 g/mol. The number of rotatable bonds is 4. The van der Waals surface area contributed by atoms with E-state index >= 15 is 0 Å². The molecule has 0 N–H and O–H groups in total. The Morgan fingerprint density at radius 3 is 2.53 bits per heavy atom. The van der Waals surface area contributed by atoms with Crippen molar-refractivity contribution in [1.29, 1.82) is 0 Å². The topological polar surface area (TPSA) is 53.7 Å². The fourth-order valence-corrected chi connectivity index (χ4v) is 3.92. The molecule has 158 valence electrons. The van der Waals surface area contributed by atoms with E-state index in [1.54, 1.807) is 17.9 Å². The molecule has 0 saturated carbocycles. The summed E-state index contributed by atoms with van der Waals surface area (Å²) in [4.78, 5) is 21.2. The smallest absolute Gasteiger partial charge is 0.280 e. The molecule has 30 heavy (non-hydrogen) atoms. The highest BCUT2D eigenvalue weighted by atomic mass is 35.5. The predicted molar refractivity (Wildman–Crippen MR) is 110 cm³/mol. The lowest BCUT2D eigenvalue weighted by Gasteiger charge is -2.34. The number of halogens is 4. The Kier molecular flexibility index (Phi) is 5.90. The lowest BCUT2D eigenvalue weighted by molar-refractivity contribution is 0.0630. The van der Waals surface area contributed by atoms with E-state index < -0.39 is 6.43 Å². The molecule has 1 aliphatic heterocycles. The number of piperazine rings is 1. The van der Waals surface area contributed by atoms with Crippen LogP contribution < -0.4 is 0 Å². The van der Waals surface area contributed by atoms with Crippen molar-refractivity contribution in [1.82, 2.24) is 24.4 Å². The van der Waals surface area contributed by atoms with Crippen LogP contribution in [-0.2, 0) is 6.54 Å². The van der Waals surface area contributed by atoms with Gasteiger partial charge in [-0.2, -0.15) is 5.10 Å². The second kappa shape index (κ2) is 8.45. The zero-order chi connectivity index (χ0) is 21.4. The van der Waals surface area contributed by atoms with Gasteiger partial charge in [0.05, 0.1) is 16.2 Å². The lowest BCUT2D eigenvalue weighted by atomic mass is 10.2. The fourth-order valence-electron chi connectivity index (χ4n) is 3.59. The minimum Gasteiger partial charge on any atom is -0.336 e. The Morgan fingerprint density at radius 2 is 1.87 bits per heavy atom. The first-order valence-electron chi connectivity index (χ1n) is 9.42. The van der Waals surface area contributed by atoms with Crippen molar-refractivity contribution in [3.05, 3.63) is 63.0 Å². The van der Waals surface area contributed by atoms with Gasteiger partial charge in [0.1, 0.15) is 11.3 Å². The van der Waals surface area contributed by atoms with Crippen LogP contribution in [0.25, 0.3) is 5.65 Å². The number of aryl methyl sites for hydroxylation is 1. The summed E-state index contributed by atoms with van der Waals surface area (Å²) in [5.74, 6) is -0.252. The van der Waals surface area contributed by atoms with Crippen LogP contribution in [0.1, 0.15) is 33.7 Å². The Hall–Kier alpha value is -2.29. The van der Waals surface area contributed by atoms with E-state index in [1.165, 1.54) is 12.3 Å². The summed E-state index contributed by atoms with van der Waals surface area (Å²) in [6.07, 6.45) is -1.39. The second-order valence-corrected chi connectivity index (χ2v) is 8.05. The largest absolute Gasteiger partial charge is 0.336 e. The van der Waals surface area contributed by atoms with Gasteiger partial charge in [-0.05, 0) is 30.7 Å². The van der Waals surface area contributed by atoms with Crippen molar-refractivity contribution in [3.63, 3.8) is 0 Å². The number of nitrogens with zero attached hydrogens (tertiary/aromatic N) is 5. The number of amides is 1. The van der Waals surface area contributed by atoms with E-state index in [-0.39, 0.29) is 22.8 Å². The number of alkyl halides is 2. The van der Waals surface area contributed by atoms with E-state index in [4.69, 9.17) is 23.2 Å². The van der Waals surface area contributed by atoms with Gasteiger partial charge in [0, 0.05) is 38.4 Å². The molecule has 6 nitrogen and oxygen atoms in total. The van der Waals surface area contributed by atoms with Gasteiger partial charge < -0.3 is 4.90 Å². The summed E-state index contributed by atoms with van der Waals surface area (Å²) >= 11 is 12.0. The van der Waals surface area contributed by atoms with Gasteiger partial charge >= 0.3 is 0 Å². The molecule has 1 saturated heterocycles. The lowest BCUT2D eigenvalue weighted by Crippen LogP contribution is -2.48. The molecular formula is C20H19Cl2F2N5O. The molecule has 1 aromatic carbocycles. The van der Waals surface area contributed by atoms with Crippen molar-refractivity contribution in [2.24, 2.45) is 0 Å². The minimum atomic E-state index is -2.71. The molecule has 0 bridgehead atoms. The SMILES string of the molecule is Cc1cc(C(F)F)n2ncc(C(=O)N3CCN(Cc4ccc(Cl)c(Cl)c4)CC3)c2n1. The van der Waals surface area contributed by atoms with Crippen LogP contribution in [0.2, 0.25) is 10.0 Å². The van der Waals surface area contributed by atoms with Gasteiger partial charge in [-0.3, -0.25) is 9.69 Å². The summed E-state index contributed by atoms with van der Waals surface area (Å²) < 4.78 is 27.7. The molecule has 2 aromatic heterocycles. The average Bonchev–Trinajstić information content (AvgIpc) is 3.13. The molecule has 0 aliphatic carbocycles. The van der Waals surface area contributed by atoms with E-state index in [0.717, 1.165) is 10.1 Å². The highest BCUT2D eigenvalue weighted by Gasteiger charge is 2.26. The first-order chi connectivity index (χ1) is 14.3. The standard InChI is InChI=1S/C20H19Cl2F2N5O/c1-12-8-17(18(23)24)29-19(26-12)14(10-25-29)20(30)28-6-4-27(5-7-28)11-13-2-3-15(21)16(22)9-13/h2-3,8-10,18H,4-7,11H2,1H3. The maximum atomic E-state index is 13.3. The average molecular weight is 454 g/mol. The Morgan fingerprint density at radius 1 is 1.13 bits per heavy atom. The predicted octanol–water partition coefficient (Wildman–Crippen LogP) is 4.24. The highest BCUT2D eigenvalue weighted by Crippen LogP contribution is 2.24. The third kappa shape index (κ3) is 4.12. The van der Waals surface area contributed by atoms with Gasteiger partial charge in [0.2, 0.25) is 0 Å². The summed E-state index contributed by atoms with van der Waals surface area (Å²) in [6.45, 7) is 4.72. The maximum Gasteiger partial charge on any atom is 0.280 e. The maximum absolute atomic E-state index is 13.3. The van der Waals surface area contributed by atoms with Crippen LogP contribution in [0.3, 0.4) is 0 Å². The number of carbonyl (C=O) groups is 1. The number of hydrogen-bond donors (Lipinski definition) is 0. The summed E-state index contributed by atoms with van der Waals surface area (Å²) in [6, 6.07) is 6.82. The van der Waals surface area contributed by atoms with Gasteiger partial charge in [0.25, 0.3) is 12.3 Å². The van der Waals surface area contributed by atoms with Gasteiger partial charge in [0.15, 0.2) is 5.65 Å². The molecule has 4 rings (SSSR count). The third-order valence-corrected chi connectivity index (χ3v) is 5.87. The monoisotopic (exact) mass is 453 g/mol. The molecule has 1 amide bonds. The van der Waals surface area contributed by atoms with Crippen molar-refractivity contribution >= 4 is 34.8 Å². The van der Waals surface area contributed by atoms with Crippen LogP contribution in [0.5, 0.6) is 0 Å². The second-order valence-electron chi connectivity index (χ2n) is 7.23. The first-order valence-corrected chi connectivity index (χ1v) is 10.2. The first kappa shape index (κ1) is 21.0. The summed E-state index contributed by atoms with van der Waals surface area (Å²) in [5.41, 5.74) is 1.58. The molecule has 0 radical (unpaired) electrons. The highest BCUT2D eigenvalue weighted by molar-refractivity contribution is 6.42. The van der Waals surface area contributed by atoms with Crippen LogP contribution in [0, 0.1) is 6.92 Å². The molecule has 1 aliphatic rings. The quantitative estimate of drug-likeness (QED) is 0.592. The van der Waals surface area contributed by atoms with E-state index in [1.807, 2.05) is 12.1 Å². The van der Waals surface area contributed by atoms with E-state index in [2.05, 4.69) is 15.0 Å². The van der Waals surface area contributed by atoms with Crippen molar-refractivity contribution in [2.75, 3.05) is 26.2 Å². The minimum absolute atomic E-state index is 0.161. The third-order valence-electron chi connectivity index (χ3n) is 5.13. The van der Waals surface area contributed by atoms with Gasteiger partial charge in [-0.1, -0.05) is 29.3 Å². The molecule has 1 fully saturated rings. The Labute approximate surface area is 182 Å². The van der Waals surface area contributed by atoms with E-state index in [0.29, 0.717) is 48.5 Å². The van der Waals surface area contributed by atoms with Crippen LogP contribution >= 0.6 is 23.2 Å². The Balaban J connectivity index is 1.46. The number of fused-ring (bicyclic) bond motifs is 1. The fraction of sp³-hybridized carbons (Fsp3) is 0.350. The van der Waals surface area contributed by atoms with Gasteiger partial charge in [-0.25, -0.2) is 18.3 Å². The number of hydrogen-bond acceptors (Lipinski definition) is 4. The van der Waals surface area contributed by atoms with Crippen LogP contribution in [-0.4, -0.2) is 56.5 Å². The molecule has 0 unspecified atom stereocenters. The van der Waals surface area contributed by atoms with Crippen molar-refractivity contribution in [2.45, 2.75) is 19.9 Å². The Bertz CT molecular complexity index is 1100. The number of aromatic nitrogens is 3. The summed E-state index contributed by atoms with van der Waals surface area (Å²) in [5, 5.41) is 5.01. The molecule has 3 aromatic rings. The van der Waals surface area contributed by atoms with Gasteiger partial charge in [-0.15, -0.1) is 0 Å². The molecule has 10 heteroatoms. The van der Waals surface area contributed by atoms with Crippen molar-refractivity contribution < 1.29 is 13.6 Å². The molecule has 0 atom stereocenters. The number of carbonyl (C=O) groups excluding carboxylic acids is 1. The summed E-state index contributed by atoms with van der Waals surface area (Å²) in [7, 11) is 0. The zero-order valence-electron chi connectivity index (χ0n) is 16.2. The molecule has 3 heterocycles. The van der Waals surface area contributed by atoms with Crippen molar-refractivity contribution in [3.8, 4) is 0 Å². The normalized spacial score (nSPS) is 15.3. The number of benzene rings is 1. The van der Waals surface area contributed by atoms with Crippen LogP contribution in [0.15, 0.2) is 30.5 Å². The van der Waals surface area contributed by atoms with Crippen LogP contribution in [0.4, 0.5) is 8.78 Å². The van der Waals surface area contributed by atoms with E-state index in [9.17, 15) is 13.6 Å². The zero-order valence-corrected chi connectivity index (χ0v) is 17.7. The molecule has 0 spiro atoms.